The van der Waals surface area contributed by atoms with Gasteiger partial charge in [0.2, 0.25) is 0 Å². The van der Waals surface area contributed by atoms with E-state index in [1.807, 2.05) is 11.6 Å². The number of carboxylic acid groups (broad SMARTS) is 1. The van der Waals surface area contributed by atoms with Gasteiger partial charge in [0.05, 0.1) is 34.0 Å². The lowest BCUT2D eigenvalue weighted by atomic mass is 9.80. The lowest BCUT2D eigenvalue weighted by Gasteiger charge is -2.32. The highest BCUT2D eigenvalue weighted by atomic mass is 35.5. The summed E-state index contributed by atoms with van der Waals surface area (Å²) in [6.45, 7) is 9.08. The Morgan fingerprint density at radius 1 is 1.07 bits per heavy atom. The number of halogens is 3. The second-order valence-corrected chi connectivity index (χ2v) is 17.5. The van der Waals surface area contributed by atoms with E-state index in [0.717, 1.165) is 75.0 Å². The summed E-state index contributed by atoms with van der Waals surface area (Å²) in [5.74, 6) is -0.791. The molecule has 2 saturated carbocycles. The third-order valence-corrected chi connectivity index (χ3v) is 12.8. The third kappa shape index (κ3) is 7.96. The Balaban J connectivity index is 1.04. The summed E-state index contributed by atoms with van der Waals surface area (Å²) in [5, 5.41) is 16.7. The second kappa shape index (κ2) is 15.6. The molecule has 3 N–H and O–H groups in total. The van der Waals surface area contributed by atoms with Gasteiger partial charge in [0, 0.05) is 73.3 Å². The van der Waals surface area contributed by atoms with Gasteiger partial charge < -0.3 is 25.0 Å². The van der Waals surface area contributed by atoms with Crippen molar-refractivity contribution in [2.75, 3.05) is 25.5 Å². The number of carboxylic acids is 1. The van der Waals surface area contributed by atoms with Crippen molar-refractivity contribution < 1.29 is 23.8 Å². The molecule has 2 aromatic carbocycles. The molecule has 2 aromatic heterocycles. The number of methoxy groups -OCH3 is 1. The summed E-state index contributed by atoms with van der Waals surface area (Å²) in [7, 11) is 3.40. The molecule has 2 fully saturated rings. The summed E-state index contributed by atoms with van der Waals surface area (Å²) in [6.07, 6.45) is 9.03. The van der Waals surface area contributed by atoms with Crippen molar-refractivity contribution in [2.24, 2.45) is 17.9 Å². The molecule has 3 heterocycles. The van der Waals surface area contributed by atoms with Crippen molar-refractivity contribution in [3.05, 3.63) is 92.7 Å². The quantitative estimate of drug-likeness (QED) is 0.130. The number of benzene rings is 2. The van der Waals surface area contributed by atoms with Crippen molar-refractivity contribution >= 4 is 52.7 Å². The van der Waals surface area contributed by atoms with Crippen LogP contribution in [0.4, 0.5) is 10.1 Å². The summed E-state index contributed by atoms with van der Waals surface area (Å²) in [4.78, 5) is 37.2. The zero-order chi connectivity index (χ0) is 40.0. The highest BCUT2D eigenvalue weighted by Gasteiger charge is 2.57. The van der Waals surface area contributed by atoms with Crippen LogP contribution in [0.1, 0.15) is 98.1 Å². The highest BCUT2D eigenvalue weighted by Crippen LogP contribution is 2.63. The molecule has 1 amide bonds. The average molecular weight is 804 g/mol. The van der Waals surface area contributed by atoms with Crippen LogP contribution < -0.4 is 15.4 Å². The van der Waals surface area contributed by atoms with Crippen LogP contribution in [0, 0.1) is 10.8 Å². The zero-order valence-corrected chi connectivity index (χ0v) is 34.1. The predicted octanol–water partition coefficient (Wildman–Crippen LogP) is 9.19. The van der Waals surface area contributed by atoms with Crippen LogP contribution in [-0.2, 0) is 31.4 Å². The Morgan fingerprint density at radius 3 is 2.46 bits per heavy atom. The van der Waals surface area contributed by atoms with Crippen molar-refractivity contribution in [3.63, 3.8) is 0 Å². The topological polar surface area (TPSA) is 122 Å². The first-order chi connectivity index (χ1) is 26.6. The van der Waals surface area contributed by atoms with Crippen LogP contribution in [0.25, 0.3) is 23.0 Å². The number of fused-ring (bicyclic) bond motifs is 3. The maximum Gasteiger partial charge on any atom is 0.309 e. The van der Waals surface area contributed by atoms with Gasteiger partial charge in [-0.15, -0.1) is 0 Å². The van der Waals surface area contributed by atoms with Gasteiger partial charge in [0.1, 0.15) is 17.3 Å². The molecule has 2 bridgehead atoms. The van der Waals surface area contributed by atoms with E-state index in [-0.39, 0.29) is 32.6 Å². The van der Waals surface area contributed by atoms with E-state index in [1.165, 1.54) is 6.08 Å². The number of hydrogen-bond acceptors (Lipinski definition) is 7. The zero-order valence-electron chi connectivity index (χ0n) is 32.6. The van der Waals surface area contributed by atoms with Crippen LogP contribution >= 0.6 is 23.2 Å². The molecule has 296 valence electrons. The van der Waals surface area contributed by atoms with Gasteiger partial charge in [0.25, 0.3) is 5.91 Å². The Labute approximate surface area is 337 Å². The maximum absolute atomic E-state index is 15.7. The smallest absolute Gasteiger partial charge is 0.309 e. The molecule has 10 nitrogen and oxygen atoms in total. The Hall–Kier alpha value is -4.29. The molecule has 7 rings (SSSR count). The number of rotatable bonds is 12. The number of imidazole rings is 1. The van der Waals surface area contributed by atoms with E-state index in [4.69, 9.17) is 32.9 Å². The molecule has 1 aliphatic heterocycles. The minimum atomic E-state index is -0.632. The molecule has 0 spiro atoms. The van der Waals surface area contributed by atoms with E-state index in [2.05, 4.69) is 41.3 Å². The summed E-state index contributed by atoms with van der Waals surface area (Å²) < 4.78 is 23.1. The van der Waals surface area contributed by atoms with Gasteiger partial charge in [-0.2, -0.15) is 0 Å². The lowest BCUT2D eigenvalue weighted by molar-refractivity contribution is -0.148. The van der Waals surface area contributed by atoms with Crippen molar-refractivity contribution in [1.29, 1.82) is 0 Å². The van der Waals surface area contributed by atoms with Crippen molar-refractivity contribution in [2.45, 2.75) is 84.3 Å². The molecule has 0 radical (unpaired) electrons. The number of anilines is 1. The summed E-state index contributed by atoms with van der Waals surface area (Å²) in [6, 6.07) is 12.1. The van der Waals surface area contributed by atoms with Gasteiger partial charge in [-0.25, -0.2) is 9.37 Å². The van der Waals surface area contributed by atoms with Crippen LogP contribution in [-0.4, -0.2) is 62.2 Å². The largest absolute Gasteiger partial charge is 0.496 e. The molecule has 3 aliphatic rings. The molecule has 0 saturated heterocycles. The number of carbonyl (C=O) groups excluding carboxylic acids is 1. The van der Waals surface area contributed by atoms with E-state index < -0.39 is 17.2 Å². The number of aromatic nitrogens is 3. The van der Waals surface area contributed by atoms with Crippen LogP contribution in [0.3, 0.4) is 0 Å². The molecule has 2 aliphatic carbocycles. The van der Waals surface area contributed by atoms with Gasteiger partial charge in [0.15, 0.2) is 5.82 Å². The van der Waals surface area contributed by atoms with Crippen molar-refractivity contribution in [1.82, 2.24) is 24.8 Å². The summed E-state index contributed by atoms with van der Waals surface area (Å²) >= 11 is 13.8. The minimum Gasteiger partial charge on any atom is -0.496 e. The standard InChI is InChI=1S/C43H49Cl2FN6O4/c1-41(2,3)48-23-27-22-47-32(21-35(27)56-5)30(46)20-26-8-6-9-28(36(26)44)29-10-7-11-31(37(29)45)50-39(53)38-49-33-24-52(18-12-34(33)51(38)4)19-17-42-13-15-43(25-42,16-14-42)40(54)55/h6-11,20-22,48H,12-19,23-25H2,1-5H3,(H,50,53)(H,54,55)/b30-20-. The van der Waals surface area contributed by atoms with E-state index in [9.17, 15) is 14.7 Å². The number of carbonyl (C=O) groups is 2. The number of nitrogens with zero attached hydrogens (tertiary/aromatic N) is 4. The third-order valence-electron chi connectivity index (χ3n) is 12.0. The van der Waals surface area contributed by atoms with Gasteiger partial charge in [-0.05, 0) is 89.0 Å². The highest BCUT2D eigenvalue weighted by molar-refractivity contribution is 6.39. The average Bonchev–Trinajstić information content (AvgIpc) is 3.85. The van der Waals surface area contributed by atoms with E-state index >= 15 is 4.39 Å². The van der Waals surface area contributed by atoms with Gasteiger partial charge in [-0.3, -0.25) is 19.5 Å². The second-order valence-electron chi connectivity index (χ2n) is 16.7. The molecule has 13 heteroatoms. The normalized spacial score (nSPS) is 21.0. The maximum atomic E-state index is 15.7. The lowest BCUT2D eigenvalue weighted by Crippen LogP contribution is -2.35. The monoisotopic (exact) mass is 802 g/mol. The molecule has 4 aromatic rings. The number of hydrogen-bond donors (Lipinski definition) is 3. The number of nitrogens with one attached hydrogen (secondary N) is 2. The number of amides is 1. The number of ether oxygens (including phenoxy) is 1. The first kappa shape index (κ1) is 39.9. The number of pyridine rings is 1. The van der Waals surface area contributed by atoms with Crippen LogP contribution in [0.15, 0.2) is 48.7 Å². The Bertz CT molecular complexity index is 2200. The molecule has 56 heavy (non-hydrogen) atoms. The fourth-order valence-corrected chi connectivity index (χ4v) is 9.26. The molecule has 0 unspecified atom stereocenters. The number of aliphatic carboxylic acids is 1. The first-order valence-electron chi connectivity index (χ1n) is 19.2. The SMILES string of the molecule is COc1cc(/C(F)=C/c2cccc(-c3cccc(NC(=O)c4nc5c(n4C)CCN(CCC46CCC(C(=O)O)(CC4)C6)C5)c3Cl)c2Cl)ncc1CNC(C)(C)C. The van der Waals surface area contributed by atoms with Crippen LogP contribution in [0.5, 0.6) is 5.75 Å². The van der Waals surface area contributed by atoms with Crippen molar-refractivity contribution in [3.8, 4) is 16.9 Å². The van der Waals surface area contributed by atoms with E-state index in [0.29, 0.717) is 47.0 Å². The Morgan fingerprint density at radius 2 is 1.79 bits per heavy atom. The van der Waals surface area contributed by atoms with Gasteiger partial charge in [-0.1, -0.05) is 53.5 Å². The Kier molecular flexibility index (Phi) is 11.1. The molecule has 0 atom stereocenters. The fraction of sp³-hybridized carbons (Fsp3) is 0.442. The van der Waals surface area contributed by atoms with E-state index in [1.54, 1.807) is 55.8 Å². The van der Waals surface area contributed by atoms with Crippen LogP contribution in [0.2, 0.25) is 10.0 Å². The molecular weight excluding hydrogens is 754 g/mol. The minimum absolute atomic E-state index is 0.111. The fourth-order valence-electron chi connectivity index (χ4n) is 8.70. The first-order valence-corrected chi connectivity index (χ1v) is 19.9. The predicted molar refractivity (Wildman–Crippen MR) is 219 cm³/mol. The molecular formula is C43H49Cl2FN6O4. The van der Waals surface area contributed by atoms with Gasteiger partial charge >= 0.3 is 5.97 Å². The summed E-state index contributed by atoms with van der Waals surface area (Å²) in [5.41, 5.74) is 4.29.